The Labute approximate surface area is 97.5 Å². The second-order valence-corrected chi connectivity index (χ2v) is 4.28. The summed E-state index contributed by atoms with van der Waals surface area (Å²) in [5, 5.41) is 12.0. The third kappa shape index (κ3) is 2.29. The van der Waals surface area contributed by atoms with Crippen LogP contribution in [0.2, 0.25) is 0 Å². The molecule has 17 heavy (non-hydrogen) atoms. The molecule has 1 aliphatic heterocycles. The summed E-state index contributed by atoms with van der Waals surface area (Å²) in [7, 11) is 0. The Morgan fingerprint density at radius 2 is 2.06 bits per heavy atom. The zero-order valence-electron chi connectivity index (χ0n) is 9.34. The molecule has 1 amide bonds. The van der Waals surface area contributed by atoms with Gasteiger partial charge in [-0.2, -0.15) is 0 Å². The number of amides is 1. The van der Waals surface area contributed by atoms with Gasteiger partial charge in [-0.05, 0) is 36.6 Å². The van der Waals surface area contributed by atoms with Gasteiger partial charge in [-0.3, -0.25) is 4.79 Å². The van der Waals surface area contributed by atoms with Crippen LogP contribution in [-0.4, -0.2) is 17.2 Å². The van der Waals surface area contributed by atoms with E-state index in [0.29, 0.717) is 6.42 Å². The van der Waals surface area contributed by atoms with E-state index in [1.165, 1.54) is 6.92 Å². The van der Waals surface area contributed by atoms with Gasteiger partial charge in [0.2, 0.25) is 5.91 Å². The van der Waals surface area contributed by atoms with Gasteiger partial charge in [0.25, 0.3) is 0 Å². The minimum atomic E-state index is -1.16. The summed E-state index contributed by atoms with van der Waals surface area (Å²) in [4.78, 5) is 11.0. The van der Waals surface area contributed by atoms with Gasteiger partial charge in [0.15, 0.2) is 0 Å². The van der Waals surface area contributed by atoms with Crippen molar-refractivity contribution in [1.29, 1.82) is 0 Å². The third-order valence-electron chi connectivity index (χ3n) is 3.05. The highest BCUT2D eigenvalue weighted by atomic mass is 19.1. The zero-order chi connectivity index (χ0) is 12.6. The zero-order valence-corrected chi connectivity index (χ0v) is 9.34. The molecule has 2 atom stereocenters. The van der Waals surface area contributed by atoms with Crippen molar-refractivity contribution in [2.75, 3.05) is 0 Å². The maximum Gasteiger partial charge on any atom is 0.222 e. The number of rotatable bonds is 1. The van der Waals surface area contributed by atoms with Gasteiger partial charge in [-0.25, -0.2) is 8.78 Å². The standard InChI is InChI=1S/C12H13F2NO2/c1-6-4-10(14)8(5-9(6)13)7-2-3-11(16)15-12(7)17/h4-5,7,12,17H,2-3H2,1H3,(H,15,16). The summed E-state index contributed by atoms with van der Waals surface area (Å²) in [6, 6.07) is 2.20. The Morgan fingerprint density at radius 1 is 1.35 bits per heavy atom. The molecule has 0 saturated carbocycles. The molecule has 0 spiro atoms. The molecule has 1 saturated heterocycles. The molecule has 1 heterocycles. The molecular weight excluding hydrogens is 228 g/mol. The van der Waals surface area contributed by atoms with E-state index in [1.807, 2.05) is 0 Å². The van der Waals surface area contributed by atoms with E-state index in [2.05, 4.69) is 5.32 Å². The molecule has 1 aromatic rings. The summed E-state index contributed by atoms with van der Waals surface area (Å²) < 4.78 is 27.1. The van der Waals surface area contributed by atoms with Crippen molar-refractivity contribution in [3.63, 3.8) is 0 Å². The van der Waals surface area contributed by atoms with E-state index in [4.69, 9.17) is 0 Å². The SMILES string of the molecule is Cc1cc(F)c(C2CCC(=O)NC2O)cc1F. The number of carbonyl (C=O) groups is 1. The fourth-order valence-corrected chi connectivity index (χ4v) is 2.05. The van der Waals surface area contributed by atoms with Crippen LogP contribution in [0, 0.1) is 18.6 Å². The van der Waals surface area contributed by atoms with Crippen LogP contribution >= 0.6 is 0 Å². The second-order valence-electron chi connectivity index (χ2n) is 4.28. The van der Waals surface area contributed by atoms with Crippen LogP contribution in [0.15, 0.2) is 12.1 Å². The molecule has 0 aliphatic carbocycles. The van der Waals surface area contributed by atoms with Crippen molar-refractivity contribution in [2.45, 2.75) is 31.9 Å². The van der Waals surface area contributed by atoms with Gasteiger partial charge in [-0.15, -0.1) is 0 Å². The van der Waals surface area contributed by atoms with Gasteiger partial charge >= 0.3 is 0 Å². The average molecular weight is 241 g/mol. The first-order valence-electron chi connectivity index (χ1n) is 5.42. The van der Waals surface area contributed by atoms with Crippen molar-refractivity contribution in [2.24, 2.45) is 0 Å². The van der Waals surface area contributed by atoms with Crippen LogP contribution in [-0.2, 0) is 4.79 Å². The number of aliphatic hydroxyl groups excluding tert-OH is 1. The molecule has 2 rings (SSSR count). The predicted molar refractivity (Wildman–Crippen MR) is 57.2 cm³/mol. The Balaban J connectivity index is 2.34. The van der Waals surface area contributed by atoms with Crippen LogP contribution in [0.5, 0.6) is 0 Å². The summed E-state index contributed by atoms with van der Waals surface area (Å²) in [6.45, 7) is 1.47. The second kappa shape index (κ2) is 4.41. The van der Waals surface area contributed by atoms with E-state index in [9.17, 15) is 18.7 Å². The minimum Gasteiger partial charge on any atom is -0.373 e. The molecule has 3 nitrogen and oxygen atoms in total. The van der Waals surface area contributed by atoms with E-state index in [0.717, 1.165) is 12.1 Å². The highest BCUT2D eigenvalue weighted by Crippen LogP contribution is 2.30. The van der Waals surface area contributed by atoms with Crippen LogP contribution in [0.1, 0.15) is 29.9 Å². The predicted octanol–water partition coefficient (Wildman–Crippen LogP) is 1.59. The number of carbonyl (C=O) groups excluding carboxylic acids is 1. The Morgan fingerprint density at radius 3 is 2.71 bits per heavy atom. The van der Waals surface area contributed by atoms with Gasteiger partial charge in [0.05, 0.1) is 0 Å². The Bertz CT molecular complexity index is 462. The van der Waals surface area contributed by atoms with E-state index >= 15 is 0 Å². The highest BCUT2D eigenvalue weighted by Gasteiger charge is 2.30. The van der Waals surface area contributed by atoms with Crippen LogP contribution < -0.4 is 5.32 Å². The molecule has 1 aliphatic rings. The van der Waals surface area contributed by atoms with Gasteiger partial charge in [0, 0.05) is 12.3 Å². The number of nitrogens with one attached hydrogen (secondary N) is 1. The monoisotopic (exact) mass is 241 g/mol. The lowest BCUT2D eigenvalue weighted by molar-refractivity contribution is -0.127. The smallest absolute Gasteiger partial charge is 0.222 e. The summed E-state index contributed by atoms with van der Waals surface area (Å²) in [5.74, 6) is -1.93. The number of hydrogen-bond acceptors (Lipinski definition) is 2. The number of hydrogen-bond donors (Lipinski definition) is 2. The van der Waals surface area contributed by atoms with Crippen LogP contribution in [0.3, 0.4) is 0 Å². The van der Waals surface area contributed by atoms with Crippen molar-refractivity contribution < 1.29 is 18.7 Å². The fourth-order valence-electron chi connectivity index (χ4n) is 2.05. The average Bonchev–Trinajstić information content (AvgIpc) is 2.24. The first-order chi connectivity index (χ1) is 7.99. The van der Waals surface area contributed by atoms with Crippen LogP contribution in [0.4, 0.5) is 8.78 Å². The molecule has 0 radical (unpaired) electrons. The normalized spacial score (nSPS) is 24.6. The topological polar surface area (TPSA) is 49.3 Å². The highest BCUT2D eigenvalue weighted by molar-refractivity contribution is 5.77. The quantitative estimate of drug-likeness (QED) is 0.784. The lowest BCUT2D eigenvalue weighted by atomic mass is 9.88. The first-order valence-corrected chi connectivity index (χ1v) is 5.42. The molecule has 0 aromatic heterocycles. The maximum absolute atomic E-state index is 13.7. The van der Waals surface area contributed by atoms with E-state index in [-0.39, 0.29) is 23.5 Å². The largest absolute Gasteiger partial charge is 0.373 e. The lowest BCUT2D eigenvalue weighted by Gasteiger charge is -2.29. The van der Waals surface area contributed by atoms with Gasteiger partial charge in [-0.1, -0.05) is 0 Å². The number of aliphatic hydroxyl groups is 1. The van der Waals surface area contributed by atoms with Crippen molar-refractivity contribution in [1.82, 2.24) is 5.32 Å². The Hall–Kier alpha value is -1.49. The van der Waals surface area contributed by atoms with Crippen LogP contribution in [0.25, 0.3) is 0 Å². The third-order valence-corrected chi connectivity index (χ3v) is 3.05. The molecule has 1 aromatic carbocycles. The summed E-state index contributed by atoms with van der Waals surface area (Å²) in [6.07, 6.45) is -0.642. The summed E-state index contributed by atoms with van der Waals surface area (Å²) >= 11 is 0. The van der Waals surface area contributed by atoms with E-state index < -0.39 is 23.8 Å². The lowest BCUT2D eigenvalue weighted by Crippen LogP contribution is -2.43. The van der Waals surface area contributed by atoms with Crippen molar-refractivity contribution in [3.8, 4) is 0 Å². The number of benzene rings is 1. The molecule has 92 valence electrons. The van der Waals surface area contributed by atoms with Crippen molar-refractivity contribution >= 4 is 5.91 Å². The number of aryl methyl sites for hydroxylation is 1. The molecule has 2 N–H and O–H groups in total. The van der Waals surface area contributed by atoms with Gasteiger partial charge in [0.1, 0.15) is 17.9 Å². The van der Waals surface area contributed by atoms with Gasteiger partial charge < -0.3 is 10.4 Å². The van der Waals surface area contributed by atoms with Crippen molar-refractivity contribution in [3.05, 3.63) is 34.9 Å². The molecule has 0 bridgehead atoms. The molecule has 5 heteroatoms. The molecular formula is C12H13F2NO2. The first kappa shape index (κ1) is 12.0. The maximum atomic E-state index is 13.7. The van der Waals surface area contributed by atoms with E-state index in [1.54, 1.807) is 0 Å². The molecule has 1 fully saturated rings. The summed E-state index contributed by atoms with van der Waals surface area (Å²) in [5.41, 5.74) is 0.334. The molecule has 2 unspecified atom stereocenters. The number of halogens is 2. The fraction of sp³-hybridized carbons (Fsp3) is 0.417. The Kier molecular flexibility index (Phi) is 3.11. The minimum absolute atomic E-state index is 0.112. The number of piperidine rings is 1.